The third-order valence-corrected chi connectivity index (χ3v) is 11.5. The maximum Gasteiger partial charge on any atom is 0.227 e. The van der Waals surface area contributed by atoms with E-state index in [9.17, 15) is 0 Å². The summed E-state index contributed by atoms with van der Waals surface area (Å²) in [6.07, 6.45) is 0. The Morgan fingerprint density at radius 2 is 0.982 bits per heavy atom. The molecule has 0 saturated carbocycles. The number of nitrogens with zero attached hydrogens (tertiary/aromatic N) is 2. The van der Waals surface area contributed by atoms with Crippen molar-refractivity contribution in [1.82, 2.24) is 4.98 Å². The Morgan fingerprint density at radius 1 is 0.411 bits per heavy atom. The standard InChI is InChI=1S/C52H36N2O2/c1-52(2)45-16-10-9-15-41(45)42-27-26-40(30-46(42)52)54(38-22-17-34(18-23-38)33-11-5-3-6-12-33)39-24-19-35(20-25-39)37-21-28-48-43(29-37)44-31-50-47(32-49(44)55-48)53-51(56-50)36-13-7-4-8-14-36/h3-32H,1-2H3. The highest BCUT2D eigenvalue weighted by Crippen LogP contribution is 2.50. The maximum absolute atomic E-state index is 6.33. The molecule has 2 heterocycles. The lowest BCUT2D eigenvalue weighted by atomic mass is 9.82. The highest BCUT2D eigenvalue weighted by molar-refractivity contribution is 6.10. The van der Waals surface area contributed by atoms with Crippen molar-refractivity contribution >= 4 is 50.1 Å². The number of oxazole rings is 1. The molecule has 266 valence electrons. The molecule has 2 aromatic heterocycles. The van der Waals surface area contributed by atoms with E-state index >= 15 is 0 Å². The molecule has 11 rings (SSSR count). The summed E-state index contributed by atoms with van der Waals surface area (Å²) in [7, 11) is 0. The first-order valence-electron chi connectivity index (χ1n) is 19.1. The third-order valence-electron chi connectivity index (χ3n) is 11.5. The highest BCUT2D eigenvalue weighted by atomic mass is 16.4. The van der Waals surface area contributed by atoms with Gasteiger partial charge >= 0.3 is 0 Å². The van der Waals surface area contributed by atoms with Gasteiger partial charge in [-0.05, 0) is 111 Å². The van der Waals surface area contributed by atoms with E-state index in [0.717, 1.165) is 66.8 Å². The molecule has 0 aliphatic heterocycles. The average Bonchev–Trinajstić information content (AvgIpc) is 3.90. The van der Waals surface area contributed by atoms with Crippen LogP contribution in [0.15, 0.2) is 191 Å². The van der Waals surface area contributed by atoms with Crippen molar-refractivity contribution in [2.45, 2.75) is 19.3 Å². The zero-order chi connectivity index (χ0) is 37.4. The van der Waals surface area contributed by atoms with Gasteiger partial charge < -0.3 is 13.7 Å². The number of furan rings is 1. The van der Waals surface area contributed by atoms with Crippen molar-refractivity contribution in [3.05, 3.63) is 193 Å². The Hall–Kier alpha value is -7.17. The predicted molar refractivity (Wildman–Crippen MR) is 230 cm³/mol. The first-order chi connectivity index (χ1) is 27.5. The summed E-state index contributed by atoms with van der Waals surface area (Å²) in [5, 5.41) is 2.05. The number of fused-ring (bicyclic) bond motifs is 7. The van der Waals surface area contributed by atoms with E-state index in [1.54, 1.807) is 0 Å². The first kappa shape index (κ1) is 32.3. The molecule has 0 atom stereocenters. The quantitative estimate of drug-likeness (QED) is 0.171. The van der Waals surface area contributed by atoms with Gasteiger partial charge in [-0.25, -0.2) is 4.98 Å². The number of hydrogen-bond donors (Lipinski definition) is 0. The fourth-order valence-corrected chi connectivity index (χ4v) is 8.60. The second-order valence-corrected chi connectivity index (χ2v) is 15.2. The second-order valence-electron chi connectivity index (χ2n) is 15.2. The Balaban J connectivity index is 0.980. The molecule has 0 unspecified atom stereocenters. The molecule has 8 aromatic carbocycles. The molecule has 10 aromatic rings. The zero-order valence-corrected chi connectivity index (χ0v) is 31.0. The molecule has 0 N–H and O–H groups in total. The van der Waals surface area contributed by atoms with E-state index in [1.165, 1.54) is 33.4 Å². The van der Waals surface area contributed by atoms with Crippen molar-refractivity contribution in [3.8, 4) is 44.8 Å². The average molecular weight is 721 g/mol. The molecular formula is C52H36N2O2. The van der Waals surface area contributed by atoms with Gasteiger partial charge in [0.2, 0.25) is 5.89 Å². The Kier molecular flexibility index (Phi) is 7.17. The van der Waals surface area contributed by atoms with Crippen LogP contribution in [0.3, 0.4) is 0 Å². The zero-order valence-electron chi connectivity index (χ0n) is 31.0. The van der Waals surface area contributed by atoms with Crippen LogP contribution in [0.1, 0.15) is 25.0 Å². The number of benzene rings is 8. The third kappa shape index (κ3) is 5.18. The Morgan fingerprint density at radius 3 is 1.71 bits per heavy atom. The smallest absolute Gasteiger partial charge is 0.227 e. The Bertz CT molecular complexity index is 3080. The molecule has 0 radical (unpaired) electrons. The molecule has 0 fully saturated rings. The summed E-state index contributed by atoms with van der Waals surface area (Å²) in [6.45, 7) is 4.68. The predicted octanol–water partition coefficient (Wildman–Crippen LogP) is 14.5. The highest BCUT2D eigenvalue weighted by Gasteiger charge is 2.35. The van der Waals surface area contributed by atoms with Crippen molar-refractivity contribution in [2.75, 3.05) is 4.90 Å². The SMILES string of the molecule is CC1(C)c2ccccc2-c2ccc(N(c3ccc(-c4ccccc4)cc3)c3ccc(-c4ccc5oc6cc7nc(-c8ccccc8)oc7cc6c5c4)cc3)cc21. The lowest BCUT2D eigenvalue weighted by Crippen LogP contribution is -2.16. The van der Waals surface area contributed by atoms with Crippen LogP contribution in [0.2, 0.25) is 0 Å². The van der Waals surface area contributed by atoms with E-state index in [2.05, 4.69) is 164 Å². The molecule has 1 aliphatic rings. The van der Waals surface area contributed by atoms with E-state index in [1.807, 2.05) is 36.4 Å². The summed E-state index contributed by atoms with van der Waals surface area (Å²) in [5.41, 5.74) is 17.3. The van der Waals surface area contributed by atoms with E-state index in [4.69, 9.17) is 13.8 Å². The first-order valence-corrected chi connectivity index (χ1v) is 19.1. The number of hydrogen-bond acceptors (Lipinski definition) is 4. The molecular weight excluding hydrogens is 685 g/mol. The molecule has 4 nitrogen and oxygen atoms in total. The van der Waals surface area contributed by atoms with Crippen LogP contribution in [0.5, 0.6) is 0 Å². The largest absolute Gasteiger partial charge is 0.456 e. The summed E-state index contributed by atoms with van der Waals surface area (Å²) < 4.78 is 12.6. The number of aromatic nitrogens is 1. The Labute approximate surface area is 324 Å². The van der Waals surface area contributed by atoms with Gasteiger partial charge in [0.1, 0.15) is 16.7 Å². The van der Waals surface area contributed by atoms with E-state index in [-0.39, 0.29) is 5.41 Å². The number of rotatable bonds is 6. The van der Waals surface area contributed by atoms with E-state index < -0.39 is 0 Å². The molecule has 56 heavy (non-hydrogen) atoms. The van der Waals surface area contributed by atoms with Crippen LogP contribution < -0.4 is 4.90 Å². The molecule has 4 heteroatoms. The van der Waals surface area contributed by atoms with Crippen molar-refractivity contribution in [1.29, 1.82) is 0 Å². The lowest BCUT2D eigenvalue weighted by molar-refractivity contribution is 0.620. The van der Waals surface area contributed by atoms with Crippen LogP contribution in [0.4, 0.5) is 17.1 Å². The monoisotopic (exact) mass is 720 g/mol. The second kappa shape index (κ2) is 12.4. The fourth-order valence-electron chi connectivity index (χ4n) is 8.60. The van der Waals surface area contributed by atoms with Crippen LogP contribution in [0, 0.1) is 0 Å². The summed E-state index contributed by atoms with van der Waals surface area (Å²) in [6, 6.07) is 64.6. The van der Waals surface area contributed by atoms with Gasteiger partial charge in [0, 0.05) is 44.9 Å². The fraction of sp³-hybridized carbons (Fsp3) is 0.0577. The maximum atomic E-state index is 6.33. The van der Waals surface area contributed by atoms with Gasteiger partial charge in [-0.15, -0.1) is 0 Å². The van der Waals surface area contributed by atoms with Crippen molar-refractivity contribution < 1.29 is 8.83 Å². The minimum Gasteiger partial charge on any atom is -0.456 e. The van der Waals surface area contributed by atoms with Gasteiger partial charge in [-0.3, -0.25) is 0 Å². The minimum atomic E-state index is -0.103. The molecule has 0 saturated heterocycles. The minimum absolute atomic E-state index is 0.103. The van der Waals surface area contributed by atoms with Gasteiger partial charge in [-0.1, -0.05) is 123 Å². The van der Waals surface area contributed by atoms with Gasteiger partial charge in [0.05, 0.1) is 0 Å². The molecule has 0 amide bonds. The summed E-state index contributed by atoms with van der Waals surface area (Å²) >= 11 is 0. The molecule has 0 spiro atoms. The van der Waals surface area contributed by atoms with Crippen LogP contribution >= 0.6 is 0 Å². The van der Waals surface area contributed by atoms with Gasteiger partial charge in [0.25, 0.3) is 0 Å². The van der Waals surface area contributed by atoms with E-state index in [0.29, 0.717) is 5.89 Å². The van der Waals surface area contributed by atoms with Crippen molar-refractivity contribution in [3.63, 3.8) is 0 Å². The summed E-state index contributed by atoms with van der Waals surface area (Å²) in [4.78, 5) is 7.13. The van der Waals surface area contributed by atoms with Gasteiger partial charge in [0.15, 0.2) is 5.58 Å². The van der Waals surface area contributed by atoms with Crippen LogP contribution in [-0.4, -0.2) is 4.98 Å². The van der Waals surface area contributed by atoms with Crippen LogP contribution in [-0.2, 0) is 5.41 Å². The molecule has 1 aliphatic carbocycles. The number of anilines is 3. The summed E-state index contributed by atoms with van der Waals surface area (Å²) in [5.74, 6) is 0.605. The normalized spacial score (nSPS) is 13.0. The van der Waals surface area contributed by atoms with Gasteiger partial charge in [-0.2, -0.15) is 0 Å². The van der Waals surface area contributed by atoms with Crippen LogP contribution in [0.25, 0.3) is 77.9 Å². The lowest BCUT2D eigenvalue weighted by Gasteiger charge is -2.28. The molecule has 0 bridgehead atoms. The topological polar surface area (TPSA) is 42.4 Å². The van der Waals surface area contributed by atoms with Crippen molar-refractivity contribution in [2.24, 2.45) is 0 Å².